The van der Waals surface area contributed by atoms with Crippen LogP contribution in [0.15, 0.2) is 12.3 Å². The summed E-state index contributed by atoms with van der Waals surface area (Å²) in [7, 11) is 0. The van der Waals surface area contributed by atoms with Crippen molar-refractivity contribution in [2.24, 2.45) is 0 Å². The van der Waals surface area contributed by atoms with Crippen LogP contribution in [0.5, 0.6) is 0 Å². The maximum absolute atomic E-state index is 12.9. The number of aryl methyl sites for hydroxylation is 2. The molecule has 2 amide bonds. The van der Waals surface area contributed by atoms with Gasteiger partial charge in [0, 0.05) is 24.7 Å². The first kappa shape index (κ1) is 17.6. The first-order chi connectivity index (χ1) is 13.7. The van der Waals surface area contributed by atoms with Gasteiger partial charge in [-0.1, -0.05) is 12.8 Å². The molecule has 0 spiro atoms. The van der Waals surface area contributed by atoms with Gasteiger partial charge in [-0.2, -0.15) is 0 Å². The predicted octanol–water partition coefficient (Wildman–Crippen LogP) is 3.82. The molecule has 1 fully saturated rings. The Kier molecular flexibility index (Phi) is 4.53. The average molecular weight is 380 g/mol. The van der Waals surface area contributed by atoms with Crippen LogP contribution < -0.4 is 5.32 Å². The lowest BCUT2D eigenvalue weighted by molar-refractivity contribution is 0.171. The van der Waals surface area contributed by atoms with Crippen LogP contribution in [0.1, 0.15) is 80.3 Å². The van der Waals surface area contributed by atoms with E-state index in [4.69, 9.17) is 0 Å². The highest BCUT2D eigenvalue weighted by Gasteiger charge is 2.33. The molecular formula is C21H28N6O. The minimum atomic E-state index is -0.0817. The minimum Gasteiger partial charge on any atom is -0.313 e. The fourth-order valence-electron chi connectivity index (χ4n) is 5.02. The maximum Gasteiger partial charge on any atom is 0.322 e. The normalized spacial score (nSPS) is 22.0. The first-order valence-corrected chi connectivity index (χ1v) is 10.7. The van der Waals surface area contributed by atoms with E-state index in [1.54, 1.807) is 6.20 Å². The van der Waals surface area contributed by atoms with E-state index in [2.05, 4.69) is 31.1 Å². The fraction of sp³-hybridized carbons (Fsp3) is 0.619. The van der Waals surface area contributed by atoms with Crippen molar-refractivity contribution >= 4 is 11.7 Å². The number of amides is 2. The highest BCUT2D eigenvalue weighted by molar-refractivity contribution is 5.89. The third-order valence-corrected chi connectivity index (χ3v) is 6.62. The number of carbonyl (C=O) groups excluding carboxylic acids is 1. The van der Waals surface area contributed by atoms with E-state index in [1.807, 2.05) is 11.8 Å². The van der Waals surface area contributed by atoms with Crippen molar-refractivity contribution in [3.05, 3.63) is 35.2 Å². The molecule has 1 aliphatic heterocycles. The molecule has 3 heterocycles. The summed E-state index contributed by atoms with van der Waals surface area (Å²) in [6, 6.07) is 1.93. The predicted molar refractivity (Wildman–Crippen MR) is 106 cm³/mol. The molecule has 1 atom stereocenters. The SMILES string of the molecule is C[C@H]1c2nnc(C3CCCC3)n2CCN1C(=O)Nc1cnc2c(c1)CCCC2. The number of aromatic nitrogens is 4. The van der Waals surface area contributed by atoms with Gasteiger partial charge in [-0.3, -0.25) is 4.98 Å². The highest BCUT2D eigenvalue weighted by atomic mass is 16.2. The van der Waals surface area contributed by atoms with Crippen molar-refractivity contribution in [3.8, 4) is 0 Å². The molecule has 7 nitrogen and oxygen atoms in total. The van der Waals surface area contributed by atoms with Crippen molar-refractivity contribution in [1.29, 1.82) is 0 Å². The number of hydrogen-bond acceptors (Lipinski definition) is 4. The van der Waals surface area contributed by atoms with Gasteiger partial charge in [0.2, 0.25) is 0 Å². The Morgan fingerprint density at radius 2 is 1.86 bits per heavy atom. The number of pyridine rings is 1. The van der Waals surface area contributed by atoms with Gasteiger partial charge >= 0.3 is 6.03 Å². The van der Waals surface area contributed by atoms with Gasteiger partial charge in [0.25, 0.3) is 0 Å². The van der Waals surface area contributed by atoms with Gasteiger partial charge in [0.15, 0.2) is 5.82 Å². The zero-order valence-corrected chi connectivity index (χ0v) is 16.5. The molecular weight excluding hydrogens is 352 g/mol. The number of urea groups is 1. The standard InChI is InChI=1S/C21H28N6O/c1-14-19-24-25-20(15-6-2-3-7-15)27(19)11-10-26(14)21(28)23-17-12-16-8-4-5-9-18(16)22-13-17/h12-15H,2-11H2,1H3,(H,23,28)/t14-/m0/s1. The molecule has 0 bridgehead atoms. The summed E-state index contributed by atoms with van der Waals surface area (Å²) >= 11 is 0. The van der Waals surface area contributed by atoms with Crippen LogP contribution in [-0.4, -0.2) is 37.2 Å². The summed E-state index contributed by atoms with van der Waals surface area (Å²) in [5.41, 5.74) is 3.25. The number of nitrogens with one attached hydrogen (secondary N) is 1. The molecule has 2 aromatic heterocycles. The number of rotatable bonds is 2. The van der Waals surface area contributed by atoms with Gasteiger partial charge in [-0.25, -0.2) is 4.79 Å². The number of fused-ring (bicyclic) bond motifs is 2. The second kappa shape index (κ2) is 7.18. The average Bonchev–Trinajstić information content (AvgIpc) is 3.38. The van der Waals surface area contributed by atoms with Crippen LogP contribution in [0.4, 0.5) is 10.5 Å². The van der Waals surface area contributed by atoms with E-state index in [0.29, 0.717) is 12.5 Å². The molecule has 5 rings (SSSR count). The lowest BCUT2D eigenvalue weighted by Gasteiger charge is -2.34. The molecule has 1 N–H and O–H groups in total. The molecule has 3 aliphatic rings. The molecule has 1 saturated carbocycles. The van der Waals surface area contributed by atoms with Crippen molar-refractivity contribution in [3.63, 3.8) is 0 Å². The van der Waals surface area contributed by atoms with Gasteiger partial charge in [-0.05, 0) is 57.1 Å². The minimum absolute atomic E-state index is 0.0815. The number of carbonyl (C=O) groups is 1. The molecule has 0 radical (unpaired) electrons. The molecule has 0 aromatic carbocycles. The summed E-state index contributed by atoms with van der Waals surface area (Å²) in [5.74, 6) is 2.57. The fourth-order valence-corrected chi connectivity index (χ4v) is 5.02. The number of nitrogens with zero attached hydrogens (tertiary/aromatic N) is 5. The Balaban J connectivity index is 1.31. The quantitative estimate of drug-likeness (QED) is 0.859. The second-order valence-corrected chi connectivity index (χ2v) is 8.39. The van der Waals surface area contributed by atoms with E-state index in [0.717, 1.165) is 36.7 Å². The monoisotopic (exact) mass is 380 g/mol. The Hall–Kier alpha value is -2.44. The van der Waals surface area contributed by atoms with Crippen LogP contribution >= 0.6 is 0 Å². The van der Waals surface area contributed by atoms with Crippen molar-refractivity contribution in [2.75, 3.05) is 11.9 Å². The molecule has 2 aliphatic carbocycles. The van der Waals surface area contributed by atoms with E-state index >= 15 is 0 Å². The van der Waals surface area contributed by atoms with Crippen molar-refractivity contribution in [2.45, 2.75) is 76.8 Å². The number of anilines is 1. The van der Waals surface area contributed by atoms with Crippen LogP contribution in [-0.2, 0) is 19.4 Å². The van der Waals surface area contributed by atoms with Gasteiger partial charge < -0.3 is 14.8 Å². The zero-order chi connectivity index (χ0) is 19.1. The lowest BCUT2D eigenvalue weighted by atomic mass is 9.96. The van der Waals surface area contributed by atoms with Crippen LogP contribution in [0.25, 0.3) is 0 Å². The smallest absolute Gasteiger partial charge is 0.313 e. The Morgan fingerprint density at radius 1 is 1.07 bits per heavy atom. The lowest BCUT2D eigenvalue weighted by Crippen LogP contribution is -2.43. The topological polar surface area (TPSA) is 75.9 Å². The highest BCUT2D eigenvalue weighted by Crippen LogP contribution is 2.35. The van der Waals surface area contributed by atoms with E-state index in [9.17, 15) is 4.79 Å². The molecule has 0 saturated heterocycles. The summed E-state index contributed by atoms with van der Waals surface area (Å²) < 4.78 is 2.25. The molecule has 0 unspecified atom stereocenters. The molecule has 148 valence electrons. The van der Waals surface area contributed by atoms with Crippen LogP contribution in [0, 0.1) is 0 Å². The summed E-state index contributed by atoms with van der Waals surface area (Å²) in [5, 5.41) is 12.0. The third kappa shape index (κ3) is 3.06. The van der Waals surface area contributed by atoms with Gasteiger partial charge in [0.1, 0.15) is 5.82 Å². The maximum atomic E-state index is 12.9. The van der Waals surface area contributed by atoms with E-state index < -0.39 is 0 Å². The Labute approximate surface area is 165 Å². The second-order valence-electron chi connectivity index (χ2n) is 8.39. The van der Waals surface area contributed by atoms with Crippen LogP contribution in [0.3, 0.4) is 0 Å². The number of hydrogen-bond donors (Lipinski definition) is 1. The van der Waals surface area contributed by atoms with Crippen molar-refractivity contribution in [1.82, 2.24) is 24.6 Å². The molecule has 2 aromatic rings. The van der Waals surface area contributed by atoms with Gasteiger partial charge in [-0.15, -0.1) is 10.2 Å². The van der Waals surface area contributed by atoms with Crippen LogP contribution in [0.2, 0.25) is 0 Å². The molecule has 28 heavy (non-hydrogen) atoms. The summed E-state index contributed by atoms with van der Waals surface area (Å²) in [6.07, 6.45) is 11.3. The van der Waals surface area contributed by atoms with E-state index in [-0.39, 0.29) is 12.1 Å². The Morgan fingerprint density at radius 3 is 2.71 bits per heavy atom. The largest absolute Gasteiger partial charge is 0.322 e. The third-order valence-electron chi connectivity index (χ3n) is 6.62. The summed E-state index contributed by atoms with van der Waals surface area (Å²) in [6.45, 7) is 3.49. The summed E-state index contributed by atoms with van der Waals surface area (Å²) in [4.78, 5) is 19.4. The van der Waals surface area contributed by atoms with Gasteiger partial charge in [0.05, 0.1) is 17.9 Å². The van der Waals surface area contributed by atoms with E-state index in [1.165, 1.54) is 49.8 Å². The first-order valence-electron chi connectivity index (χ1n) is 10.7. The van der Waals surface area contributed by atoms with Crippen molar-refractivity contribution < 1.29 is 4.79 Å². The zero-order valence-electron chi connectivity index (χ0n) is 16.5. The molecule has 7 heteroatoms. The Bertz CT molecular complexity index is 885.